The molecule has 0 saturated carbocycles. The summed E-state index contributed by atoms with van der Waals surface area (Å²) in [6.07, 6.45) is 0.764. The molecule has 6 heteroatoms. The monoisotopic (exact) mass is 373 g/mol. The Morgan fingerprint density at radius 2 is 1.65 bits per heavy atom. The van der Waals surface area contributed by atoms with Gasteiger partial charge in [-0.25, -0.2) is 15.0 Å². The third-order valence-corrected chi connectivity index (χ3v) is 4.23. The summed E-state index contributed by atoms with van der Waals surface area (Å²) in [4.78, 5) is 29.6. The van der Waals surface area contributed by atoms with E-state index in [0.717, 1.165) is 16.6 Å². The van der Waals surface area contributed by atoms with Crippen LogP contribution in [0.15, 0.2) is 46.9 Å². The van der Waals surface area contributed by atoms with Crippen molar-refractivity contribution in [3.05, 3.63) is 63.9 Å². The van der Waals surface area contributed by atoms with E-state index in [0.29, 0.717) is 24.3 Å². The van der Waals surface area contributed by atoms with Gasteiger partial charge in [-0.15, -0.1) is 0 Å². The molecule has 5 nitrogen and oxygen atoms in total. The molecule has 23 heavy (non-hydrogen) atoms. The molecule has 2 amide bonds. The summed E-state index contributed by atoms with van der Waals surface area (Å²) in [5.41, 5.74) is 1.70. The van der Waals surface area contributed by atoms with Gasteiger partial charge in [0.2, 0.25) is 0 Å². The Bertz CT molecular complexity index is 746. The summed E-state index contributed by atoms with van der Waals surface area (Å²) in [7, 11) is 0. The van der Waals surface area contributed by atoms with Gasteiger partial charge >= 0.3 is 0 Å². The van der Waals surface area contributed by atoms with Crippen molar-refractivity contribution >= 4 is 27.7 Å². The lowest BCUT2D eigenvalue weighted by Crippen LogP contribution is -2.45. The molecule has 0 bridgehead atoms. The topological polar surface area (TPSA) is 53.5 Å². The molecule has 0 unspecified atom stereocenters. The molecule has 1 aliphatic heterocycles. The molecule has 1 fully saturated rings. The molecule has 3 rings (SSSR count). The number of aromatic nitrogens is 1. The number of aryl methyl sites for hydroxylation is 1. The number of amides is 2. The minimum absolute atomic E-state index is 0.170. The number of pyridine rings is 1. The molecular weight excluding hydrogens is 358 g/mol. The maximum Gasteiger partial charge on any atom is 0.291 e. The summed E-state index contributed by atoms with van der Waals surface area (Å²) in [6, 6.07) is 12.4. The minimum Gasteiger partial charge on any atom is -0.267 e. The fraction of sp³-hybridized carbons (Fsp3) is 0.235. The summed E-state index contributed by atoms with van der Waals surface area (Å²) in [6.45, 7) is 2.90. The highest BCUT2D eigenvalue weighted by Crippen LogP contribution is 2.19. The summed E-state index contributed by atoms with van der Waals surface area (Å²) in [5.74, 6) is -0.410. The number of hydrogen-bond donors (Lipinski definition) is 0. The minimum atomic E-state index is -0.239. The standard InChI is InChI=1S/C17H16BrN3O2/c1-12-4-2-5-15(19-12)17(23)21-11-3-10-20(21)16(22)13-6-8-14(18)9-7-13/h2,4-9H,3,10-11H2,1H3. The van der Waals surface area contributed by atoms with Crippen LogP contribution in [0.5, 0.6) is 0 Å². The van der Waals surface area contributed by atoms with E-state index in [1.165, 1.54) is 10.0 Å². The van der Waals surface area contributed by atoms with E-state index in [1.54, 1.807) is 24.3 Å². The van der Waals surface area contributed by atoms with Crippen LogP contribution in [0, 0.1) is 6.92 Å². The van der Waals surface area contributed by atoms with Gasteiger partial charge in [0.05, 0.1) is 0 Å². The number of hydrogen-bond acceptors (Lipinski definition) is 3. The van der Waals surface area contributed by atoms with Crippen LogP contribution in [0.1, 0.15) is 33.0 Å². The van der Waals surface area contributed by atoms with Crippen molar-refractivity contribution in [2.45, 2.75) is 13.3 Å². The SMILES string of the molecule is Cc1cccc(C(=O)N2CCCN2C(=O)c2ccc(Br)cc2)n1. The highest BCUT2D eigenvalue weighted by molar-refractivity contribution is 9.10. The van der Waals surface area contributed by atoms with Crippen LogP contribution in [-0.4, -0.2) is 39.9 Å². The highest BCUT2D eigenvalue weighted by atomic mass is 79.9. The van der Waals surface area contributed by atoms with Crippen LogP contribution in [0.3, 0.4) is 0 Å². The van der Waals surface area contributed by atoms with Crippen molar-refractivity contribution < 1.29 is 9.59 Å². The lowest BCUT2D eigenvalue weighted by molar-refractivity contribution is 0.0182. The van der Waals surface area contributed by atoms with Gasteiger partial charge in [0.15, 0.2) is 0 Å². The fourth-order valence-electron chi connectivity index (χ4n) is 2.57. The van der Waals surface area contributed by atoms with Gasteiger partial charge in [0.1, 0.15) is 5.69 Å². The predicted octanol–water partition coefficient (Wildman–Crippen LogP) is 3.06. The Kier molecular flexibility index (Phi) is 4.43. The lowest BCUT2D eigenvalue weighted by atomic mass is 10.2. The normalized spacial score (nSPS) is 14.2. The van der Waals surface area contributed by atoms with Crippen LogP contribution in [0.25, 0.3) is 0 Å². The van der Waals surface area contributed by atoms with Crippen LogP contribution >= 0.6 is 15.9 Å². The van der Waals surface area contributed by atoms with Crippen LogP contribution in [0.2, 0.25) is 0 Å². The number of carbonyl (C=O) groups is 2. The zero-order chi connectivity index (χ0) is 16.4. The maximum absolute atomic E-state index is 12.7. The Morgan fingerprint density at radius 1 is 1.00 bits per heavy atom. The molecule has 2 heterocycles. The quantitative estimate of drug-likeness (QED) is 0.812. The van der Waals surface area contributed by atoms with E-state index < -0.39 is 0 Å². The molecular formula is C17H16BrN3O2. The van der Waals surface area contributed by atoms with E-state index in [-0.39, 0.29) is 11.8 Å². The maximum atomic E-state index is 12.7. The van der Waals surface area contributed by atoms with E-state index >= 15 is 0 Å². The number of nitrogens with zero attached hydrogens (tertiary/aromatic N) is 3. The first kappa shape index (κ1) is 15.7. The third kappa shape index (κ3) is 3.27. The van der Waals surface area contributed by atoms with Gasteiger partial charge in [0.25, 0.3) is 11.8 Å². The van der Waals surface area contributed by atoms with E-state index in [1.807, 2.05) is 25.1 Å². The predicted molar refractivity (Wildman–Crippen MR) is 89.8 cm³/mol. The van der Waals surface area contributed by atoms with Crippen LogP contribution < -0.4 is 0 Å². The van der Waals surface area contributed by atoms with Crippen molar-refractivity contribution in [1.29, 1.82) is 0 Å². The summed E-state index contributed by atoms with van der Waals surface area (Å²) >= 11 is 3.35. The number of benzene rings is 1. The number of halogens is 1. The molecule has 1 aromatic heterocycles. The van der Waals surface area contributed by atoms with Gasteiger partial charge in [-0.2, -0.15) is 0 Å². The van der Waals surface area contributed by atoms with Gasteiger partial charge in [-0.05, 0) is 49.7 Å². The molecule has 0 spiro atoms. The molecule has 1 aromatic carbocycles. The fourth-order valence-corrected chi connectivity index (χ4v) is 2.83. The molecule has 0 aliphatic carbocycles. The second-order valence-corrected chi connectivity index (χ2v) is 6.30. The number of carbonyl (C=O) groups excluding carboxylic acids is 2. The van der Waals surface area contributed by atoms with E-state index in [4.69, 9.17) is 0 Å². The zero-order valence-corrected chi connectivity index (χ0v) is 14.3. The Hall–Kier alpha value is -2.21. The smallest absolute Gasteiger partial charge is 0.267 e. The van der Waals surface area contributed by atoms with Gasteiger partial charge in [0, 0.05) is 28.8 Å². The first-order valence-corrected chi connectivity index (χ1v) is 8.18. The summed E-state index contributed by atoms with van der Waals surface area (Å²) in [5, 5.41) is 3.00. The lowest BCUT2D eigenvalue weighted by Gasteiger charge is -2.27. The van der Waals surface area contributed by atoms with E-state index in [9.17, 15) is 9.59 Å². The average Bonchev–Trinajstić information content (AvgIpc) is 3.03. The van der Waals surface area contributed by atoms with Crippen LogP contribution in [0.4, 0.5) is 0 Å². The zero-order valence-electron chi connectivity index (χ0n) is 12.7. The molecule has 1 aliphatic rings. The molecule has 2 aromatic rings. The average molecular weight is 374 g/mol. The number of hydrazine groups is 1. The van der Waals surface area contributed by atoms with Crippen LogP contribution in [-0.2, 0) is 0 Å². The van der Waals surface area contributed by atoms with Gasteiger partial charge < -0.3 is 0 Å². The number of rotatable bonds is 2. The molecule has 0 atom stereocenters. The first-order valence-electron chi connectivity index (χ1n) is 7.39. The van der Waals surface area contributed by atoms with Crippen molar-refractivity contribution in [1.82, 2.24) is 15.0 Å². The molecule has 1 saturated heterocycles. The summed E-state index contributed by atoms with van der Waals surface area (Å²) < 4.78 is 0.910. The third-order valence-electron chi connectivity index (χ3n) is 3.70. The van der Waals surface area contributed by atoms with Crippen molar-refractivity contribution in [3.63, 3.8) is 0 Å². The van der Waals surface area contributed by atoms with Crippen molar-refractivity contribution in [2.24, 2.45) is 0 Å². The molecule has 0 N–H and O–H groups in total. The second kappa shape index (κ2) is 6.50. The Morgan fingerprint density at radius 3 is 2.30 bits per heavy atom. The van der Waals surface area contributed by atoms with Crippen molar-refractivity contribution in [2.75, 3.05) is 13.1 Å². The second-order valence-electron chi connectivity index (χ2n) is 5.38. The van der Waals surface area contributed by atoms with E-state index in [2.05, 4.69) is 20.9 Å². The Balaban J connectivity index is 1.83. The van der Waals surface area contributed by atoms with Gasteiger partial charge in [-0.1, -0.05) is 22.0 Å². The highest BCUT2D eigenvalue weighted by Gasteiger charge is 2.32. The van der Waals surface area contributed by atoms with Gasteiger partial charge in [-0.3, -0.25) is 9.59 Å². The molecule has 118 valence electrons. The Labute approximate surface area is 143 Å². The first-order chi connectivity index (χ1) is 11.1. The molecule has 0 radical (unpaired) electrons. The van der Waals surface area contributed by atoms with Crippen molar-refractivity contribution in [3.8, 4) is 0 Å². The largest absolute Gasteiger partial charge is 0.291 e.